The molecule has 0 spiro atoms. The van der Waals surface area contributed by atoms with E-state index in [1.807, 2.05) is 0 Å². The molecule has 0 aliphatic heterocycles. The molecule has 5 nitrogen and oxygen atoms in total. The molecule has 0 unspecified atom stereocenters. The largest absolute Gasteiger partial charge is 0.326 e. The number of carbonyl (C=O) groups is 1. The lowest BCUT2D eigenvalue weighted by atomic mass is 9.86. The van der Waals surface area contributed by atoms with Gasteiger partial charge in [-0.2, -0.15) is 0 Å². The van der Waals surface area contributed by atoms with E-state index in [0.29, 0.717) is 25.7 Å². The van der Waals surface area contributed by atoms with Crippen LogP contribution in [0.1, 0.15) is 46.5 Å². The number of carbonyl (C=O) groups excluding carboxylic acids is 1. The standard InChI is InChI=1S/C17H24F2N2O3S/c1-17(2,3)25(23,24)21-12-6-4-11(5-7-12)16(22)20-13-8-9-14(18)15(19)10-13/h8-12,21H,4-7H2,1-3H3,(H,20,22)/t11-,12-. The summed E-state index contributed by atoms with van der Waals surface area (Å²) < 4.78 is 52.3. The van der Waals surface area contributed by atoms with Crippen molar-refractivity contribution in [2.24, 2.45) is 5.92 Å². The first-order valence-electron chi connectivity index (χ1n) is 8.27. The first-order chi connectivity index (χ1) is 11.5. The van der Waals surface area contributed by atoms with E-state index in [0.717, 1.165) is 12.1 Å². The number of rotatable bonds is 4. The van der Waals surface area contributed by atoms with Crippen LogP contribution in [0.5, 0.6) is 0 Å². The van der Waals surface area contributed by atoms with Crippen LogP contribution in [0.4, 0.5) is 14.5 Å². The molecule has 1 aromatic rings. The van der Waals surface area contributed by atoms with Crippen molar-refractivity contribution in [2.45, 2.75) is 57.2 Å². The molecule has 25 heavy (non-hydrogen) atoms. The topological polar surface area (TPSA) is 75.3 Å². The van der Waals surface area contributed by atoms with Gasteiger partial charge in [0.15, 0.2) is 11.6 Å². The molecule has 2 N–H and O–H groups in total. The highest BCUT2D eigenvalue weighted by molar-refractivity contribution is 7.90. The minimum absolute atomic E-state index is 0.184. The van der Waals surface area contributed by atoms with Crippen molar-refractivity contribution in [1.82, 2.24) is 4.72 Å². The summed E-state index contributed by atoms with van der Waals surface area (Å²) in [6, 6.07) is 3.02. The minimum Gasteiger partial charge on any atom is -0.326 e. The molecule has 0 aromatic heterocycles. The molecule has 1 fully saturated rings. The van der Waals surface area contributed by atoms with E-state index in [4.69, 9.17) is 0 Å². The third kappa shape index (κ3) is 4.98. The summed E-state index contributed by atoms with van der Waals surface area (Å²) >= 11 is 0. The Morgan fingerprint density at radius 3 is 2.20 bits per heavy atom. The third-order valence-electron chi connectivity index (χ3n) is 4.41. The first kappa shape index (κ1) is 19.8. The van der Waals surface area contributed by atoms with E-state index >= 15 is 0 Å². The lowest BCUT2D eigenvalue weighted by molar-refractivity contribution is -0.120. The van der Waals surface area contributed by atoms with Crippen molar-refractivity contribution in [3.8, 4) is 0 Å². The van der Waals surface area contributed by atoms with Crippen molar-refractivity contribution in [3.05, 3.63) is 29.8 Å². The Morgan fingerprint density at radius 1 is 1.08 bits per heavy atom. The number of hydrogen-bond acceptors (Lipinski definition) is 3. The van der Waals surface area contributed by atoms with Crippen LogP contribution in [0.25, 0.3) is 0 Å². The van der Waals surface area contributed by atoms with Crippen LogP contribution >= 0.6 is 0 Å². The molecule has 1 aliphatic rings. The molecule has 0 bridgehead atoms. The Hall–Kier alpha value is -1.54. The van der Waals surface area contributed by atoms with Crippen LogP contribution in [0.15, 0.2) is 18.2 Å². The maximum atomic E-state index is 13.2. The fraction of sp³-hybridized carbons (Fsp3) is 0.588. The molecule has 0 radical (unpaired) electrons. The van der Waals surface area contributed by atoms with E-state index in [-0.39, 0.29) is 23.6 Å². The van der Waals surface area contributed by atoms with Gasteiger partial charge in [0.25, 0.3) is 0 Å². The lowest BCUT2D eigenvalue weighted by Crippen LogP contribution is -2.46. The summed E-state index contributed by atoms with van der Waals surface area (Å²) in [6.45, 7) is 4.91. The Morgan fingerprint density at radius 2 is 1.68 bits per heavy atom. The molecule has 1 aromatic carbocycles. The highest BCUT2D eigenvalue weighted by Crippen LogP contribution is 2.27. The molecule has 8 heteroatoms. The summed E-state index contributed by atoms with van der Waals surface area (Å²) in [6.07, 6.45) is 2.19. The molecule has 1 saturated carbocycles. The van der Waals surface area contributed by atoms with Gasteiger partial charge in [0.2, 0.25) is 15.9 Å². The van der Waals surface area contributed by atoms with Gasteiger partial charge >= 0.3 is 0 Å². The Bertz CT molecular complexity index is 737. The van der Waals surface area contributed by atoms with E-state index in [1.165, 1.54) is 6.07 Å². The first-order valence-corrected chi connectivity index (χ1v) is 9.76. The Kier molecular flexibility index (Phi) is 5.83. The normalized spacial score (nSPS) is 21.8. The van der Waals surface area contributed by atoms with E-state index in [2.05, 4.69) is 10.0 Å². The van der Waals surface area contributed by atoms with Gasteiger partial charge in [0, 0.05) is 23.7 Å². The van der Waals surface area contributed by atoms with Crippen LogP contribution < -0.4 is 10.0 Å². The predicted molar refractivity (Wildman–Crippen MR) is 92.5 cm³/mol. The van der Waals surface area contributed by atoms with Gasteiger partial charge in [-0.15, -0.1) is 0 Å². The maximum absolute atomic E-state index is 13.2. The second-order valence-electron chi connectivity index (χ2n) is 7.40. The molecule has 0 saturated heterocycles. The Labute approximate surface area is 147 Å². The number of anilines is 1. The zero-order chi connectivity index (χ0) is 18.8. The van der Waals surface area contributed by atoms with Gasteiger partial charge in [-0.3, -0.25) is 4.79 Å². The van der Waals surface area contributed by atoms with Crippen LogP contribution in [-0.4, -0.2) is 25.1 Å². The third-order valence-corrected chi connectivity index (χ3v) is 6.67. The second-order valence-corrected chi connectivity index (χ2v) is 9.87. The van der Waals surface area contributed by atoms with Crippen LogP contribution in [0, 0.1) is 17.6 Å². The molecule has 0 atom stereocenters. The minimum atomic E-state index is -3.42. The quantitative estimate of drug-likeness (QED) is 0.850. The molecule has 0 heterocycles. The van der Waals surface area contributed by atoms with Crippen molar-refractivity contribution in [2.75, 3.05) is 5.32 Å². The number of nitrogens with one attached hydrogen (secondary N) is 2. The van der Waals surface area contributed by atoms with E-state index < -0.39 is 26.4 Å². The van der Waals surface area contributed by atoms with Crippen LogP contribution in [-0.2, 0) is 14.8 Å². The number of amides is 1. The van der Waals surface area contributed by atoms with Gasteiger partial charge in [-0.1, -0.05) is 0 Å². The second kappa shape index (κ2) is 7.37. The molecule has 2 rings (SSSR count). The zero-order valence-corrected chi connectivity index (χ0v) is 15.4. The van der Waals surface area contributed by atoms with Gasteiger partial charge < -0.3 is 5.32 Å². The van der Waals surface area contributed by atoms with Gasteiger partial charge in [0.1, 0.15) is 0 Å². The SMILES string of the molecule is CC(C)(C)S(=O)(=O)N[C@H]1CC[C@H](C(=O)Nc2ccc(F)c(F)c2)CC1. The van der Waals surface area contributed by atoms with Gasteiger partial charge in [-0.25, -0.2) is 21.9 Å². The predicted octanol–water partition coefficient (Wildman–Crippen LogP) is 3.18. The van der Waals surface area contributed by atoms with Crippen molar-refractivity contribution in [1.29, 1.82) is 0 Å². The maximum Gasteiger partial charge on any atom is 0.227 e. The highest BCUT2D eigenvalue weighted by atomic mass is 32.2. The molecule has 140 valence electrons. The molecule has 1 aliphatic carbocycles. The Balaban J connectivity index is 1.89. The number of hydrogen-bond donors (Lipinski definition) is 2. The summed E-state index contributed by atoms with van der Waals surface area (Å²) in [5.41, 5.74) is 0.208. The average Bonchev–Trinajstić information content (AvgIpc) is 2.50. The number of benzene rings is 1. The summed E-state index contributed by atoms with van der Waals surface area (Å²) in [4.78, 5) is 12.2. The summed E-state index contributed by atoms with van der Waals surface area (Å²) in [5, 5.41) is 2.58. The van der Waals surface area contributed by atoms with Crippen LogP contribution in [0.2, 0.25) is 0 Å². The van der Waals surface area contributed by atoms with Crippen LogP contribution in [0.3, 0.4) is 0 Å². The molecular weight excluding hydrogens is 350 g/mol. The lowest BCUT2D eigenvalue weighted by Gasteiger charge is -2.30. The van der Waals surface area contributed by atoms with Gasteiger partial charge in [0.05, 0.1) is 4.75 Å². The molecular formula is C17H24F2N2O3S. The highest BCUT2D eigenvalue weighted by Gasteiger charge is 2.34. The van der Waals surface area contributed by atoms with E-state index in [9.17, 15) is 22.0 Å². The summed E-state index contributed by atoms with van der Waals surface area (Å²) in [7, 11) is -3.42. The fourth-order valence-electron chi connectivity index (χ4n) is 2.69. The monoisotopic (exact) mass is 374 g/mol. The van der Waals surface area contributed by atoms with Gasteiger partial charge in [-0.05, 0) is 58.6 Å². The molecule has 1 amide bonds. The number of halogens is 2. The van der Waals surface area contributed by atoms with Crippen molar-refractivity contribution in [3.63, 3.8) is 0 Å². The average molecular weight is 374 g/mol. The van der Waals surface area contributed by atoms with Crippen molar-refractivity contribution >= 4 is 21.6 Å². The summed E-state index contributed by atoms with van der Waals surface area (Å²) in [5.74, 6) is -2.52. The smallest absolute Gasteiger partial charge is 0.227 e. The van der Waals surface area contributed by atoms with E-state index in [1.54, 1.807) is 20.8 Å². The van der Waals surface area contributed by atoms with Crippen molar-refractivity contribution < 1.29 is 22.0 Å². The fourth-order valence-corrected chi connectivity index (χ4v) is 3.72. The number of sulfonamides is 1. The zero-order valence-electron chi connectivity index (χ0n) is 14.6.